The predicted octanol–water partition coefficient (Wildman–Crippen LogP) is 1.10. The van der Waals surface area contributed by atoms with Crippen molar-refractivity contribution in [1.29, 1.82) is 0 Å². The Balaban J connectivity index is 0.00000324. The smallest absolute Gasteiger partial charge is 0.220 e. The number of hydrogen-bond acceptors (Lipinski definition) is 1. The number of aliphatic imine (C=N–C) groups is 2. The molecule has 0 saturated carbocycles. The Bertz CT molecular complexity index is 414. The van der Waals surface area contributed by atoms with Crippen molar-refractivity contribution in [3.05, 3.63) is 35.9 Å². The van der Waals surface area contributed by atoms with Crippen molar-refractivity contribution >= 4 is 24.3 Å². The Kier molecular flexibility index (Phi) is 8.37. The minimum Gasteiger partial charge on any atom is -0.369 e. The molecule has 0 spiro atoms. The van der Waals surface area contributed by atoms with Gasteiger partial charge in [-0.25, -0.2) is 0 Å². The molecular formula is C13H22ClN5. The van der Waals surface area contributed by atoms with E-state index in [4.69, 9.17) is 5.73 Å². The van der Waals surface area contributed by atoms with Crippen LogP contribution in [-0.2, 0) is 6.42 Å². The molecule has 0 radical (unpaired) electrons. The molecule has 1 rings (SSSR count). The highest BCUT2D eigenvalue weighted by atomic mass is 35.5. The Labute approximate surface area is 121 Å². The second-order valence-corrected chi connectivity index (χ2v) is 4.07. The van der Waals surface area contributed by atoms with E-state index in [0.29, 0.717) is 11.9 Å². The van der Waals surface area contributed by atoms with Gasteiger partial charge in [0.15, 0.2) is 5.96 Å². The molecule has 1 aromatic carbocycles. The lowest BCUT2D eigenvalue weighted by molar-refractivity contribution is 0.615. The van der Waals surface area contributed by atoms with Gasteiger partial charge < -0.3 is 16.0 Å². The van der Waals surface area contributed by atoms with Crippen molar-refractivity contribution in [3.8, 4) is 0 Å². The Morgan fingerprint density at radius 2 is 1.89 bits per heavy atom. The van der Waals surface area contributed by atoms with Gasteiger partial charge in [0.25, 0.3) is 0 Å². The van der Waals surface area contributed by atoms with Crippen molar-refractivity contribution in [2.75, 3.05) is 27.7 Å². The molecule has 0 aliphatic rings. The standard InChI is InChI=1S/C13H21N5.ClH/c1-15-13(17-12(14)18(2)3)16-10-9-11-7-5-4-6-8-11;/h4-8H,9-10H2,1-3H3,(H3,14,15,16,17);1H. The Morgan fingerprint density at radius 3 is 2.42 bits per heavy atom. The molecule has 0 atom stereocenters. The van der Waals surface area contributed by atoms with Crippen LogP contribution in [-0.4, -0.2) is 44.5 Å². The van der Waals surface area contributed by atoms with Gasteiger partial charge in [0, 0.05) is 27.7 Å². The van der Waals surface area contributed by atoms with E-state index in [0.717, 1.165) is 13.0 Å². The average molecular weight is 284 g/mol. The minimum atomic E-state index is 0. The highest BCUT2D eigenvalue weighted by Crippen LogP contribution is 1.98. The van der Waals surface area contributed by atoms with E-state index in [-0.39, 0.29) is 12.4 Å². The number of benzene rings is 1. The average Bonchev–Trinajstić information content (AvgIpc) is 2.38. The lowest BCUT2D eigenvalue weighted by atomic mass is 10.1. The summed E-state index contributed by atoms with van der Waals surface area (Å²) in [6.07, 6.45) is 0.928. The number of halogens is 1. The first-order valence-corrected chi connectivity index (χ1v) is 5.89. The molecule has 19 heavy (non-hydrogen) atoms. The minimum absolute atomic E-state index is 0. The first-order chi connectivity index (χ1) is 8.63. The van der Waals surface area contributed by atoms with Crippen LogP contribution in [0.25, 0.3) is 0 Å². The van der Waals surface area contributed by atoms with E-state index < -0.39 is 0 Å². The Hall–Kier alpha value is -1.75. The van der Waals surface area contributed by atoms with Crippen LogP contribution in [0, 0.1) is 0 Å². The number of rotatable bonds is 3. The molecule has 6 heteroatoms. The second kappa shape index (κ2) is 9.22. The van der Waals surface area contributed by atoms with Crippen molar-refractivity contribution < 1.29 is 0 Å². The summed E-state index contributed by atoms with van der Waals surface area (Å²) < 4.78 is 0. The van der Waals surface area contributed by atoms with Crippen LogP contribution >= 0.6 is 12.4 Å². The topological polar surface area (TPSA) is 66.0 Å². The third kappa shape index (κ3) is 6.67. The van der Waals surface area contributed by atoms with Crippen molar-refractivity contribution in [2.24, 2.45) is 15.7 Å². The first-order valence-electron chi connectivity index (χ1n) is 5.89. The molecule has 5 nitrogen and oxygen atoms in total. The molecule has 0 amide bonds. The zero-order chi connectivity index (χ0) is 13.4. The fourth-order valence-corrected chi connectivity index (χ4v) is 1.34. The van der Waals surface area contributed by atoms with Gasteiger partial charge in [-0.3, -0.25) is 4.99 Å². The molecule has 0 bridgehead atoms. The van der Waals surface area contributed by atoms with Gasteiger partial charge in [-0.15, -0.1) is 12.4 Å². The summed E-state index contributed by atoms with van der Waals surface area (Å²) in [5.74, 6) is 0.986. The highest BCUT2D eigenvalue weighted by molar-refractivity contribution is 5.93. The van der Waals surface area contributed by atoms with E-state index in [1.165, 1.54) is 5.56 Å². The van der Waals surface area contributed by atoms with Crippen LogP contribution in [0.2, 0.25) is 0 Å². The van der Waals surface area contributed by atoms with Gasteiger partial charge in [0.1, 0.15) is 0 Å². The summed E-state index contributed by atoms with van der Waals surface area (Å²) in [6.45, 7) is 0.779. The number of nitrogens with zero attached hydrogens (tertiary/aromatic N) is 3. The fraction of sp³-hybridized carbons (Fsp3) is 0.385. The predicted molar refractivity (Wildman–Crippen MR) is 84.1 cm³/mol. The van der Waals surface area contributed by atoms with E-state index in [2.05, 4.69) is 27.4 Å². The van der Waals surface area contributed by atoms with Crippen LogP contribution in [0.3, 0.4) is 0 Å². The van der Waals surface area contributed by atoms with Crippen LogP contribution in [0.15, 0.2) is 40.3 Å². The maximum Gasteiger partial charge on any atom is 0.220 e. The van der Waals surface area contributed by atoms with Gasteiger partial charge in [-0.05, 0) is 12.0 Å². The monoisotopic (exact) mass is 283 g/mol. The summed E-state index contributed by atoms with van der Waals surface area (Å²) >= 11 is 0. The van der Waals surface area contributed by atoms with Gasteiger partial charge >= 0.3 is 0 Å². The molecule has 0 aliphatic heterocycles. The summed E-state index contributed by atoms with van der Waals surface area (Å²) in [4.78, 5) is 9.98. The van der Waals surface area contributed by atoms with Crippen molar-refractivity contribution in [2.45, 2.75) is 6.42 Å². The number of nitrogens with two attached hydrogens (primary N) is 1. The number of hydrogen-bond donors (Lipinski definition) is 2. The Morgan fingerprint density at radius 1 is 1.26 bits per heavy atom. The van der Waals surface area contributed by atoms with Crippen LogP contribution < -0.4 is 11.1 Å². The summed E-state index contributed by atoms with van der Waals surface area (Å²) in [5.41, 5.74) is 7.01. The van der Waals surface area contributed by atoms with Crippen LogP contribution in [0.5, 0.6) is 0 Å². The SMILES string of the molecule is CN=C(/N=C(\N)N(C)C)NCCc1ccccc1.Cl. The lowest BCUT2D eigenvalue weighted by Gasteiger charge is -2.11. The van der Waals surface area contributed by atoms with E-state index >= 15 is 0 Å². The maximum absolute atomic E-state index is 5.73. The van der Waals surface area contributed by atoms with E-state index in [1.807, 2.05) is 32.3 Å². The number of nitrogens with one attached hydrogen (secondary N) is 1. The zero-order valence-corrected chi connectivity index (χ0v) is 12.4. The lowest BCUT2D eigenvalue weighted by Crippen LogP contribution is -2.34. The summed E-state index contributed by atoms with van der Waals surface area (Å²) in [7, 11) is 5.38. The van der Waals surface area contributed by atoms with Gasteiger partial charge in [-0.1, -0.05) is 30.3 Å². The number of guanidine groups is 2. The third-order valence-electron chi connectivity index (χ3n) is 2.43. The summed E-state index contributed by atoms with van der Waals surface area (Å²) in [5, 5.41) is 3.16. The van der Waals surface area contributed by atoms with Gasteiger partial charge in [0.05, 0.1) is 0 Å². The van der Waals surface area contributed by atoms with Crippen LogP contribution in [0.1, 0.15) is 5.56 Å². The molecule has 0 aromatic heterocycles. The third-order valence-corrected chi connectivity index (χ3v) is 2.43. The van der Waals surface area contributed by atoms with Crippen LogP contribution in [0.4, 0.5) is 0 Å². The van der Waals surface area contributed by atoms with E-state index in [9.17, 15) is 0 Å². The first kappa shape index (κ1) is 17.2. The van der Waals surface area contributed by atoms with E-state index in [1.54, 1.807) is 11.9 Å². The molecule has 0 aliphatic carbocycles. The molecular weight excluding hydrogens is 262 g/mol. The molecule has 0 saturated heterocycles. The zero-order valence-electron chi connectivity index (χ0n) is 11.6. The molecule has 1 aromatic rings. The fourth-order valence-electron chi connectivity index (χ4n) is 1.34. The normalized spacial score (nSPS) is 11.7. The highest BCUT2D eigenvalue weighted by Gasteiger charge is 1.99. The summed E-state index contributed by atoms with van der Waals surface area (Å²) in [6, 6.07) is 10.3. The van der Waals surface area contributed by atoms with Gasteiger partial charge in [0.2, 0.25) is 5.96 Å². The second-order valence-electron chi connectivity index (χ2n) is 4.07. The molecule has 0 unspecified atom stereocenters. The molecule has 3 N–H and O–H groups in total. The molecule has 0 heterocycles. The molecule has 0 fully saturated rings. The van der Waals surface area contributed by atoms with Crippen molar-refractivity contribution in [3.63, 3.8) is 0 Å². The van der Waals surface area contributed by atoms with Crippen molar-refractivity contribution in [1.82, 2.24) is 10.2 Å². The van der Waals surface area contributed by atoms with Gasteiger partial charge in [-0.2, -0.15) is 4.99 Å². The largest absolute Gasteiger partial charge is 0.369 e. The molecule has 106 valence electrons. The quantitative estimate of drug-likeness (QED) is 0.645. The maximum atomic E-state index is 5.73.